The van der Waals surface area contributed by atoms with Crippen LogP contribution in [0.2, 0.25) is 0 Å². The molecule has 2 aliphatic carbocycles. The Balaban J connectivity index is 0.984. The van der Waals surface area contributed by atoms with E-state index in [0.29, 0.717) is 0 Å². The largest absolute Gasteiger partial charge is 0.309 e. The standard InChI is InChI=1S/C72H46N2/c1-3-24-49(25-4-1)71(50-26-5-2-6-27-50)59-35-14-10-32-57(59)69-61(71)37-21-43-68(69)73(65-42-19-23-47-22-7-8-28-51(47)65)64-39-16-11-29-52(64)48-44-45-54-53-30-9-13-34-58(53)72(63(54)46-48)60-36-15-18-41-67(60)74-66-40-17-12-31-55(66)56-33-20-38-62(72)70(56)74/h1-46H. The summed E-state index contributed by atoms with van der Waals surface area (Å²) in [5.74, 6) is 0. The molecule has 344 valence electrons. The molecule has 0 bridgehead atoms. The molecule has 2 heteroatoms. The van der Waals surface area contributed by atoms with E-state index in [1.165, 1.54) is 111 Å². The second-order valence-electron chi connectivity index (χ2n) is 20.2. The molecule has 0 amide bonds. The van der Waals surface area contributed by atoms with E-state index in [2.05, 4.69) is 289 Å². The molecule has 0 radical (unpaired) electrons. The Morgan fingerprint density at radius 1 is 0.297 bits per heavy atom. The SMILES string of the molecule is c1ccc(C2(c3ccccc3)c3ccccc3-c3c(N(c4ccccc4-c4ccc5c(c4)C4(c6ccccc6-5)c5ccccc5-n5c6ccccc6c6cccc4c65)c4cccc5ccccc45)cccc32)cc1. The van der Waals surface area contributed by atoms with Crippen molar-refractivity contribution in [1.82, 2.24) is 4.57 Å². The van der Waals surface area contributed by atoms with E-state index in [1.807, 2.05) is 0 Å². The fraction of sp³-hybridized carbons (Fsp3) is 0.0278. The van der Waals surface area contributed by atoms with Crippen LogP contribution >= 0.6 is 0 Å². The van der Waals surface area contributed by atoms with Gasteiger partial charge in [-0.05, 0) is 109 Å². The highest BCUT2D eigenvalue weighted by Gasteiger charge is 2.51. The van der Waals surface area contributed by atoms with E-state index in [9.17, 15) is 0 Å². The average Bonchev–Trinajstić information content (AvgIpc) is 4.23. The molecular formula is C72H46N2. The molecule has 13 aromatic rings. The van der Waals surface area contributed by atoms with Gasteiger partial charge in [0.15, 0.2) is 0 Å². The minimum atomic E-state index is -0.575. The molecule has 0 N–H and O–H groups in total. The van der Waals surface area contributed by atoms with Gasteiger partial charge in [0.1, 0.15) is 0 Å². The molecule has 2 heterocycles. The number of para-hydroxylation sites is 4. The van der Waals surface area contributed by atoms with Crippen molar-refractivity contribution in [3.05, 3.63) is 324 Å². The molecule has 0 fully saturated rings. The summed E-state index contributed by atoms with van der Waals surface area (Å²) >= 11 is 0. The fourth-order valence-electron chi connectivity index (χ4n) is 14.1. The van der Waals surface area contributed by atoms with Crippen LogP contribution in [-0.2, 0) is 10.8 Å². The summed E-state index contributed by atoms with van der Waals surface area (Å²) in [6.45, 7) is 0. The summed E-state index contributed by atoms with van der Waals surface area (Å²) in [5.41, 5.74) is 23.7. The predicted octanol–water partition coefficient (Wildman–Crippen LogP) is 18.1. The van der Waals surface area contributed by atoms with Gasteiger partial charge in [0, 0.05) is 27.3 Å². The van der Waals surface area contributed by atoms with Crippen molar-refractivity contribution >= 4 is 49.6 Å². The monoisotopic (exact) mass is 938 g/mol. The molecule has 1 aromatic heterocycles. The molecule has 0 saturated heterocycles. The van der Waals surface area contributed by atoms with Gasteiger partial charge >= 0.3 is 0 Å². The zero-order valence-corrected chi connectivity index (χ0v) is 40.5. The van der Waals surface area contributed by atoms with Gasteiger partial charge in [-0.15, -0.1) is 0 Å². The van der Waals surface area contributed by atoms with Crippen LogP contribution in [-0.4, -0.2) is 4.57 Å². The van der Waals surface area contributed by atoms with Crippen LogP contribution in [0.25, 0.3) is 71.6 Å². The number of aromatic nitrogens is 1. The first-order valence-corrected chi connectivity index (χ1v) is 25.8. The zero-order valence-electron chi connectivity index (χ0n) is 40.5. The first-order chi connectivity index (χ1) is 36.8. The number of benzene rings is 12. The molecule has 2 nitrogen and oxygen atoms in total. The highest BCUT2D eigenvalue weighted by atomic mass is 15.2. The molecule has 1 unspecified atom stereocenters. The van der Waals surface area contributed by atoms with Crippen molar-refractivity contribution in [2.45, 2.75) is 10.8 Å². The minimum Gasteiger partial charge on any atom is -0.309 e. The number of hydrogen-bond acceptors (Lipinski definition) is 1. The summed E-state index contributed by atoms with van der Waals surface area (Å²) in [7, 11) is 0. The van der Waals surface area contributed by atoms with Crippen molar-refractivity contribution in [3.8, 4) is 39.1 Å². The maximum absolute atomic E-state index is 2.58. The van der Waals surface area contributed by atoms with E-state index in [-0.39, 0.29) is 0 Å². The lowest BCUT2D eigenvalue weighted by atomic mass is 9.65. The van der Waals surface area contributed by atoms with Gasteiger partial charge in [-0.1, -0.05) is 243 Å². The van der Waals surface area contributed by atoms with Crippen LogP contribution in [0, 0.1) is 0 Å². The maximum atomic E-state index is 2.58. The third-order valence-electron chi connectivity index (χ3n) is 16.9. The summed E-state index contributed by atoms with van der Waals surface area (Å²) < 4.78 is 2.53. The first-order valence-electron chi connectivity index (χ1n) is 25.8. The molecule has 12 aromatic carbocycles. The highest BCUT2D eigenvalue weighted by molar-refractivity contribution is 6.13. The van der Waals surface area contributed by atoms with E-state index < -0.39 is 10.8 Å². The lowest BCUT2D eigenvalue weighted by Gasteiger charge is -2.39. The van der Waals surface area contributed by atoms with Gasteiger partial charge in [-0.3, -0.25) is 0 Å². The Hall–Kier alpha value is -9.50. The van der Waals surface area contributed by atoms with Gasteiger partial charge in [-0.25, -0.2) is 0 Å². The van der Waals surface area contributed by atoms with Crippen LogP contribution in [0.1, 0.15) is 44.5 Å². The molecule has 0 saturated carbocycles. The summed E-state index contributed by atoms with van der Waals surface area (Å²) in [6.07, 6.45) is 0. The lowest BCUT2D eigenvalue weighted by Crippen LogP contribution is -2.33. The average molecular weight is 939 g/mol. The second kappa shape index (κ2) is 15.5. The molecule has 1 spiro atoms. The Morgan fingerprint density at radius 2 is 0.824 bits per heavy atom. The molecule has 74 heavy (non-hydrogen) atoms. The van der Waals surface area contributed by atoms with Crippen molar-refractivity contribution in [3.63, 3.8) is 0 Å². The van der Waals surface area contributed by atoms with Gasteiger partial charge in [0.05, 0.1) is 44.6 Å². The summed E-state index contributed by atoms with van der Waals surface area (Å²) in [4.78, 5) is 2.58. The van der Waals surface area contributed by atoms with E-state index in [4.69, 9.17) is 0 Å². The molecule has 3 aliphatic rings. The maximum Gasteiger partial charge on any atom is 0.0754 e. The predicted molar refractivity (Wildman–Crippen MR) is 307 cm³/mol. The van der Waals surface area contributed by atoms with Crippen LogP contribution in [0.4, 0.5) is 17.1 Å². The van der Waals surface area contributed by atoms with Gasteiger partial charge in [0.2, 0.25) is 0 Å². The van der Waals surface area contributed by atoms with Gasteiger partial charge in [-0.2, -0.15) is 0 Å². The van der Waals surface area contributed by atoms with E-state index in [1.54, 1.807) is 0 Å². The van der Waals surface area contributed by atoms with Crippen LogP contribution in [0.3, 0.4) is 0 Å². The quantitative estimate of drug-likeness (QED) is 0.161. The second-order valence-corrected chi connectivity index (χ2v) is 20.2. The minimum absolute atomic E-state index is 0.553. The normalized spacial score (nSPS) is 15.2. The number of hydrogen-bond donors (Lipinski definition) is 0. The number of nitrogens with zero attached hydrogens (tertiary/aromatic N) is 2. The Bertz CT molecular complexity index is 4400. The molecule has 1 atom stereocenters. The first kappa shape index (κ1) is 41.2. The van der Waals surface area contributed by atoms with Crippen LogP contribution < -0.4 is 4.90 Å². The number of anilines is 3. The zero-order chi connectivity index (χ0) is 48.5. The third-order valence-corrected chi connectivity index (χ3v) is 16.9. The topological polar surface area (TPSA) is 8.17 Å². The van der Waals surface area contributed by atoms with Crippen molar-refractivity contribution in [2.24, 2.45) is 0 Å². The molecular weight excluding hydrogens is 893 g/mol. The lowest BCUT2D eigenvalue weighted by molar-refractivity contribution is 0.749. The van der Waals surface area contributed by atoms with Crippen LogP contribution in [0.5, 0.6) is 0 Å². The fourth-order valence-corrected chi connectivity index (χ4v) is 14.1. The Morgan fingerprint density at radius 3 is 1.64 bits per heavy atom. The van der Waals surface area contributed by atoms with Crippen molar-refractivity contribution in [1.29, 1.82) is 0 Å². The van der Waals surface area contributed by atoms with Crippen LogP contribution in [0.15, 0.2) is 279 Å². The highest BCUT2D eigenvalue weighted by Crippen LogP contribution is 2.63. The van der Waals surface area contributed by atoms with E-state index >= 15 is 0 Å². The smallest absolute Gasteiger partial charge is 0.0754 e. The number of rotatable bonds is 6. The van der Waals surface area contributed by atoms with Gasteiger partial charge in [0.25, 0.3) is 0 Å². The van der Waals surface area contributed by atoms with Crippen molar-refractivity contribution in [2.75, 3.05) is 4.90 Å². The Labute approximate surface area is 430 Å². The van der Waals surface area contributed by atoms with Crippen molar-refractivity contribution < 1.29 is 0 Å². The molecule has 16 rings (SSSR count). The third kappa shape index (κ3) is 5.28. The number of fused-ring (bicyclic) bond motifs is 16. The Kier molecular flexibility index (Phi) is 8.62. The molecule has 1 aliphatic heterocycles. The summed E-state index contributed by atoms with van der Waals surface area (Å²) in [6, 6.07) is 105. The summed E-state index contributed by atoms with van der Waals surface area (Å²) in [5, 5.41) is 4.95. The van der Waals surface area contributed by atoms with Gasteiger partial charge < -0.3 is 9.47 Å². The van der Waals surface area contributed by atoms with E-state index in [0.717, 1.165) is 22.6 Å².